The fourth-order valence-corrected chi connectivity index (χ4v) is 3.15. The summed E-state index contributed by atoms with van der Waals surface area (Å²) in [7, 11) is 0. The van der Waals surface area contributed by atoms with Gasteiger partial charge in [-0.2, -0.15) is 0 Å². The molecule has 132 valence electrons. The third kappa shape index (κ3) is 4.99. The molecule has 0 aromatic heterocycles. The zero-order chi connectivity index (χ0) is 17.5. The second kappa shape index (κ2) is 8.56. The summed E-state index contributed by atoms with van der Waals surface area (Å²) in [5.74, 6) is -0.0376. The Bertz CT molecular complexity index is 673. The van der Waals surface area contributed by atoms with Gasteiger partial charge in [0.05, 0.1) is 6.54 Å². The van der Waals surface area contributed by atoms with Crippen LogP contribution in [0.2, 0.25) is 0 Å². The maximum absolute atomic E-state index is 12.1. The van der Waals surface area contributed by atoms with Gasteiger partial charge in [0.25, 0.3) is 0 Å². The fourth-order valence-electron chi connectivity index (χ4n) is 3.15. The van der Waals surface area contributed by atoms with Gasteiger partial charge in [0.15, 0.2) is 0 Å². The van der Waals surface area contributed by atoms with Gasteiger partial charge in [-0.25, -0.2) is 0 Å². The maximum atomic E-state index is 12.1. The highest BCUT2D eigenvalue weighted by atomic mass is 16.1. The normalized spacial score (nSPS) is 14.2. The van der Waals surface area contributed by atoms with Gasteiger partial charge < -0.3 is 15.5 Å². The molecule has 2 aromatic carbocycles. The predicted molar refractivity (Wildman–Crippen MR) is 105 cm³/mol. The highest BCUT2D eigenvalue weighted by molar-refractivity contribution is 5.93. The largest absolute Gasteiger partial charge is 0.376 e. The molecule has 1 aliphatic rings. The number of amides is 1. The molecule has 0 radical (unpaired) electrons. The average molecular weight is 337 g/mol. The summed E-state index contributed by atoms with van der Waals surface area (Å²) < 4.78 is 0. The van der Waals surface area contributed by atoms with E-state index in [-0.39, 0.29) is 12.5 Å². The topological polar surface area (TPSA) is 44.4 Å². The summed E-state index contributed by atoms with van der Waals surface area (Å²) in [6.45, 7) is 4.67. The number of carbonyl (C=O) groups excluding carboxylic acids is 1. The van der Waals surface area contributed by atoms with E-state index in [9.17, 15) is 4.79 Å². The highest BCUT2D eigenvalue weighted by Gasteiger charge is 2.10. The Morgan fingerprint density at radius 3 is 2.20 bits per heavy atom. The summed E-state index contributed by atoms with van der Waals surface area (Å²) >= 11 is 0. The first-order chi connectivity index (χ1) is 12.2. The van der Waals surface area contributed by atoms with Crippen molar-refractivity contribution >= 4 is 23.0 Å². The Hall–Kier alpha value is -2.49. The Morgan fingerprint density at radius 1 is 0.920 bits per heavy atom. The lowest BCUT2D eigenvalue weighted by atomic mass is 10.1. The number of carbonyl (C=O) groups is 1. The van der Waals surface area contributed by atoms with Gasteiger partial charge in [0.2, 0.25) is 5.91 Å². The molecule has 1 aliphatic heterocycles. The van der Waals surface area contributed by atoms with Crippen molar-refractivity contribution in [3.63, 3.8) is 0 Å². The number of aryl methyl sites for hydroxylation is 1. The van der Waals surface area contributed by atoms with Crippen molar-refractivity contribution in [3.05, 3.63) is 54.1 Å². The highest BCUT2D eigenvalue weighted by Crippen LogP contribution is 2.21. The van der Waals surface area contributed by atoms with Crippen LogP contribution in [-0.4, -0.2) is 25.5 Å². The van der Waals surface area contributed by atoms with Gasteiger partial charge >= 0.3 is 0 Å². The fraction of sp³-hybridized carbons (Fsp3) is 0.381. The van der Waals surface area contributed by atoms with Crippen LogP contribution in [0, 0.1) is 0 Å². The van der Waals surface area contributed by atoms with Crippen LogP contribution in [0.5, 0.6) is 0 Å². The smallest absolute Gasteiger partial charge is 0.243 e. The van der Waals surface area contributed by atoms with Crippen LogP contribution in [0.1, 0.15) is 31.7 Å². The molecular weight excluding hydrogens is 310 g/mol. The van der Waals surface area contributed by atoms with Crippen LogP contribution in [0.4, 0.5) is 17.1 Å². The molecule has 0 unspecified atom stereocenters. The minimum Gasteiger partial charge on any atom is -0.376 e. The van der Waals surface area contributed by atoms with Crippen molar-refractivity contribution in [3.8, 4) is 0 Å². The van der Waals surface area contributed by atoms with E-state index in [4.69, 9.17) is 0 Å². The van der Waals surface area contributed by atoms with Crippen LogP contribution in [0.15, 0.2) is 48.5 Å². The number of nitrogens with one attached hydrogen (secondary N) is 2. The second-order valence-electron chi connectivity index (χ2n) is 6.55. The number of nitrogens with zero attached hydrogens (tertiary/aromatic N) is 1. The predicted octanol–water partition coefficient (Wildman–Crippen LogP) is 4.29. The number of hydrogen-bond acceptors (Lipinski definition) is 3. The van der Waals surface area contributed by atoms with E-state index in [1.165, 1.54) is 30.5 Å². The lowest BCUT2D eigenvalue weighted by Crippen LogP contribution is -2.29. The summed E-state index contributed by atoms with van der Waals surface area (Å²) in [4.78, 5) is 14.5. The van der Waals surface area contributed by atoms with Gasteiger partial charge in [0.1, 0.15) is 0 Å². The molecule has 2 aromatic rings. The molecule has 0 spiro atoms. The molecule has 1 amide bonds. The van der Waals surface area contributed by atoms with Crippen molar-refractivity contribution in [1.82, 2.24) is 0 Å². The number of rotatable bonds is 6. The van der Waals surface area contributed by atoms with Gasteiger partial charge in [-0.3, -0.25) is 4.79 Å². The zero-order valence-corrected chi connectivity index (χ0v) is 14.9. The molecule has 3 rings (SSSR count). The van der Waals surface area contributed by atoms with E-state index in [0.717, 1.165) is 30.9 Å². The standard InChI is InChI=1S/C21H27N3O/c1-2-17-6-8-19(9-7-17)23-21(25)16-22-18-10-12-20(13-11-18)24-14-4-3-5-15-24/h6-13,22H,2-5,14-16H2,1H3,(H,23,25). The first kappa shape index (κ1) is 17.3. The summed E-state index contributed by atoms with van der Waals surface area (Å²) in [6.07, 6.45) is 4.90. The van der Waals surface area contributed by atoms with E-state index in [2.05, 4.69) is 34.6 Å². The summed E-state index contributed by atoms with van der Waals surface area (Å²) in [5.41, 5.74) is 4.34. The lowest BCUT2D eigenvalue weighted by molar-refractivity contribution is -0.114. The Balaban J connectivity index is 1.47. The molecule has 1 fully saturated rings. The van der Waals surface area contributed by atoms with Crippen molar-refractivity contribution < 1.29 is 4.79 Å². The van der Waals surface area contributed by atoms with Crippen LogP contribution in [0.3, 0.4) is 0 Å². The lowest BCUT2D eigenvalue weighted by Gasteiger charge is -2.28. The number of benzene rings is 2. The number of anilines is 3. The Kier molecular flexibility index (Phi) is 5.94. The third-order valence-electron chi connectivity index (χ3n) is 4.69. The van der Waals surface area contributed by atoms with Crippen molar-refractivity contribution in [2.24, 2.45) is 0 Å². The number of hydrogen-bond donors (Lipinski definition) is 2. The van der Waals surface area contributed by atoms with E-state index in [1.807, 2.05) is 36.4 Å². The first-order valence-corrected chi connectivity index (χ1v) is 9.22. The van der Waals surface area contributed by atoms with Gasteiger partial charge in [0, 0.05) is 30.2 Å². The maximum Gasteiger partial charge on any atom is 0.243 e. The monoisotopic (exact) mass is 337 g/mol. The van der Waals surface area contributed by atoms with Crippen molar-refractivity contribution in [2.75, 3.05) is 35.2 Å². The molecule has 0 bridgehead atoms. The molecule has 0 aliphatic carbocycles. The number of piperidine rings is 1. The first-order valence-electron chi connectivity index (χ1n) is 9.22. The van der Waals surface area contributed by atoms with E-state index in [1.54, 1.807) is 0 Å². The summed E-state index contributed by atoms with van der Waals surface area (Å²) in [6, 6.07) is 16.4. The molecule has 4 heteroatoms. The quantitative estimate of drug-likeness (QED) is 0.826. The molecule has 2 N–H and O–H groups in total. The molecule has 1 saturated heterocycles. The van der Waals surface area contributed by atoms with Crippen LogP contribution in [0.25, 0.3) is 0 Å². The van der Waals surface area contributed by atoms with Crippen LogP contribution in [-0.2, 0) is 11.2 Å². The SMILES string of the molecule is CCc1ccc(NC(=O)CNc2ccc(N3CCCCC3)cc2)cc1. The molecular formula is C21H27N3O. The third-order valence-corrected chi connectivity index (χ3v) is 4.69. The molecule has 25 heavy (non-hydrogen) atoms. The minimum atomic E-state index is -0.0376. The van der Waals surface area contributed by atoms with Gasteiger partial charge in [-0.1, -0.05) is 19.1 Å². The van der Waals surface area contributed by atoms with Gasteiger partial charge in [-0.15, -0.1) is 0 Å². The second-order valence-corrected chi connectivity index (χ2v) is 6.55. The average Bonchev–Trinajstić information content (AvgIpc) is 2.68. The Morgan fingerprint density at radius 2 is 1.56 bits per heavy atom. The van der Waals surface area contributed by atoms with E-state index in [0.29, 0.717) is 0 Å². The zero-order valence-electron chi connectivity index (χ0n) is 14.9. The molecule has 4 nitrogen and oxygen atoms in total. The molecule has 0 saturated carbocycles. The van der Waals surface area contributed by atoms with Gasteiger partial charge in [-0.05, 0) is 67.6 Å². The van der Waals surface area contributed by atoms with Crippen LogP contribution < -0.4 is 15.5 Å². The van der Waals surface area contributed by atoms with E-state index >= 15 is 0 Å². The van der Waals surface area contributed by atoms with Crippen LogP contribution >= 0.6 is 0 Å². The summed E-state index contributed by atoms with van der Waals surface area (Å²) in [5, 5.41) is 6.10. The van der Waals surface area contributed by atoms with E-state index < -0.39 is 0 Å². The minimum absolute atomic E-state index is 0.0376. The van der Waals surface area contributed by atoms with Crippen molar-refractivity contribution in [1.29, 1.82) is 0 Å². The van der Waals surface area contributed by atoms with Crippen molar-refractivity contribution in [2.45, 2.75) is 32.6 Å². The molecule has 0 atom stereocenters. The Labute approximate surface area is 150 Å². The molecule has 1 heterocycles.